The lowest BCUT2D eigenvalue weighted by molar-refractivity contribution is 0.590. The van der Waals surface area contributed by atoms with Gasteiger partial charge in [-0.3, -0.25) is 0 Å². The first-order valence-corrected chi connectivity index (χ1v) is 10.7. The SMILES string of the molecule is C#Cc1ccc(Cn2c3ccc(C(C)(C)C)cc3c3cc(C(C)(C)C)ccc32)cc1. The smallest absolute Gasteiger partial charge is 0.0494 e. The molecule has 0 saturated carbocycles. The summed E-state index contributed by atoms with van der Waals surface area (Å²) in [7, 11) is 0. The molecule has 0 spiro atoms. The highest BCUT2D eigenvalue weighted by Gasteiger charge is 2.20. The Bertz CT molecular complexity index is 1190. The van der Waals surface area contributed by atoms with Crippen molar-refractivity contribution in [1.29, 1.82) is 0 Å². The van der Waals surface area contributed by atoms with Crippen molar-refractivity contribution in [2.24, 2.45) is 0 Å². The first-order valence-electron chi connectivity index (χ1n) is 10.7. The Kier molecular flexibility index (Phi) is 4.78. The van der Waals surface area contributed by atoms with E-state index in [-0.39, 0.29) is 10.8 Å². The predicted octanol–water partition coefficient (Wildman–Crippen LogP) is 7.42. The van der Waals surface area contributed by atoms with Gasteiger partial charge in [-0.2, -0.15) is 0 Å². The second-order valence-corrected chi connectivity index (χ2v) is 10.4. The van der Waals surface area contributed by atoms with Crippen LogP contribution in [0.4, 0.5) is 0 Å². The summed E-state index contributed by atoms with van der Waals surface area (Å²) in [5.74, 6) is 2.71. The van der Waals surface area contributed by atoms with Gasteiger partial charge in [0, 0.05) is 33.9 Å². The van der Waals surface area contributed by atoms with Crippen molar-refractivity contribution in [1.82, 2.24) is 4.57 Å². The maximum Gasteiger partial charge on any atom is 0.0494 e. The molecule has 0 aliphatic rings. The number of nitrogens with zero attached hydrogens (tertiary/aromatic N) is 1. The Labute approximate surface area is 180 Å². The zero-order valence-corrected chi connectivity index (χ0v) is 19.0. The lowest BCUT2D eigenvalue weighted by atomic mass is 9.85. The fraction of sp³-hybridized carbons (Fsp3) is 0.310. The number of terminal acetylenes is 1. The monoisotopic (exact) mass is 393 g/mol. The quantitative estimate of drug-likeness (QED) is 0.312. The van der Waals surface area contributed by atoms with Gasteiger partial charge in [-0.05, 0) is 63.9 Å². The van der Waals surface area contributed by atoms with Crippen LogP contribution in [-0.2, 0) is 17.4 Å². The normalized spacial score (nSPS) is 12.4. The molecule has 0 radical (unpaired) electrons. The van der Waals surface area contributed by atoms with Crippen LogP contribution in [0.25, 0.3) is 21.8 Å². The Morgan fingerprint density at radius 3 is 1.57 bits per heavy atom. The maximum atomic E-state index is 5.53. The molecule has 0 bridgehead atoms. The van der Waals surface area contributed by atoms with Crippen LogP contribution < -0.4 is 0 Å². The fourth-order valence-corrected chi connectivity index (χ4v) is 4.10. The Balaban J connectivity index is 1.96. The molecule has 4 rings (SSSR count). The van der Waals surface area contributed by atoms with E-state index in [1.54, 1.807) is 0 Å². The molecule has 152 valence electrons. The Hall–Kier alpha value is -2.98. The molecule has 3 aromatic carbocycles. The lowest BCUT2D eigenvalue weighted by Crippen LogP contribution is -2.10. The Morgan fingerprint density at radius 2 is 1.17 bits per heavy atom. The van der Waals surface area contributed by atoms with Gasteiger partial charge in [0.05, 0.1) is 0 Å². The number of aromatic nitrogens is 1. The van der Waals surface area contributed by atoms with E-state index in [2.05, 4.69) is 101 Å². The molecular formula is C29H31N. The number of benzene rings is 3. The van der Waals surface area contributed by atoms with E-state index < -0.39 is 0 Å². The molecular weight excluding hydrogens is 362 g/mol. The van der Waals surface area contributed by atoms with Crippen molar-refractivity contribution in [3.8, 4) is 12.3 Å². The van der Waals surface area contributed by atoms with E-state index in [0.29, 0.717) is 0 Å². The highest BCUT2D eigenvalue weighted by atomic mass is 15.0. The second kappa shape index (κ2) is 7.06. The van der Waals surface area contributed by atoms with E-state index in [4.69, 9.17) is 6.42 Å². The third-order valence-corrected chi connectivity index (χ3v) is 6.06. The van der Waals surface area contributed by atoms with Gasteiger partial charge in [0.2, 0.25) is 0 Å². The van der Waals surface area contributed by atoms with Crippen LogP contribution in [0, 0.1) is 12.3 Å². The van der Waals surface area contributed by atoms with Crippen molar-refractivity contribution < 1.29 is 0 Å². The molecule has 0 N–H and O–H groups in total. The van der Waals surface area contributed by atoms with Crippen molar-refractivity contribution >= 4 is 21.8 Å². The molecule has 1 nitrogen and oxygen atoms in total. The van der Waals surface area contributed by atoms with Crippen molar-refractivity contribution in [2.45, 2.75) is 58.9 Å². The summed E-state index contributed by atoms with van der Waals surface area (Å²) in [6.07, 6.45) is 5.53. The largest absolute Gasteiger partial charge is 0.336 e. The van der Waals surface area contributed by atoms with Crippen molar-refractivity contribution in [3.05, 3.63) is 82.9 Å². The van der Waals surface area contributed by atoms with Crippen LogP contribution in [0.3, 0.4) is 0 Å². The number of hydrogen-bond acceptors (Lipinski definition) is 0. The highest BCUT2D eigenvalue weighted by Crippen LogP contribution is 2.36. The third kappa shape index (κ3) is 3.63. The third-order valence-electron chi connectivity index (χ3n) is 6.06. The van der Waals surface area contributed by atoms with Crippen molar-refractivity contribution in [2.75, 3.05) is 0 Å². The van der Waals surface area contributed by atoms with Crippen LogP contribution >= 0.6 is 0 Å². The van der Waals surface area contributed by atoms with Crippen molar-refractivity contribution in [3.63, 3.8) is 0 Å². The van der Waals surface area contributed by atoms with Crippen LogP contribution in [0.15, 0.2) is 60.7 Å². The summed E-state index contributed by atoms with van der Waals surface area (Å²) < 4.78 is 2.44. The number of hydrogen-bond donors (Lipinski definition) is 0. The van der Waals surface area contributed by atoms with Gasteiger partial charge < -0.3 is 4.57 Å². The highest BCUT2D eigenvalue weighted by molar-refractivity contribution is 6.08. The van der Waals surface area contributed by atoms with Gasteiger partial charge in [0.1, 0.15) is 0 Å². The second-order valence-electron chi connectivity index (χ2n) is 10.4. The molecule has 1 heterocycles. The molecule has 1 aromatic heterocycles. The fourth-order valence-electron chi connectivity index (χ4n) is 4.10. The summed E-state index contributed by atoms with van der Waals surface area (Å²) in [6, 6.07) is 22.3. The number of fused-ring (bicyclic) bond motifs is 3. The number of rotatable bonds is 2. The van der Waals surface area contributed by atoms with E-state index in [1.807, 2.05) is 12.1 Å². The van der Waals surface area contributed by atoms with E-state index in [9.17, 15) is 0 Å². The minimum atomic E-state index is 0.120. The average molecular weight is 394 g/mol. The molecule has 0 fully saturated rings. The van der Waals surface area contributed by atoms with Gasteiger partial charge in [0.25, 0.3) is 0 Å². The van der Waals surface area contributed by atoms with Crippen LogP contribution in [0.1, 0.15) is 63.8 Å². The van der Waals surface area contributed by atoms with E-state index in [0.717, 1.165) is 12.1 Å². The zero-order valence-electron chi connectivity index (χ0n) is 19.0. The molecule has 0 unspecified atom stereocenters. The maximum absolute atomic E-state index is 5.53. The molecule has 0 atom stereocenters. The molecule has 4 aromatic rings. The molecule has 30 heavy (non-hydrogen) atoms. The summed E-state index contributed by atoms with van der Waals surface area (Å²) in [5.41, 5.74) is 7.72. The van der Waals surface area contributed by atoms with Crippen LogP contribution in [0.5, 0.6) is 0 Å². The van der Waals surface area contributed by atoms with Gasteiger partial charge in [-0.1, -0.05) is 71.7 Å². The molecule has 0 aliphatic carbocycles. The van der Waals surface area contributed by atoms with Crippen LogP contribution in [0.2, 0.25) is 0 Å². The average Bonchev–Trinajstić information content (AvgIpc) is 3.00. The lowest BCUT2D eigenvalue weighted by Gasteiger charge is -2.19. The van der Waals surface area contributed by atoms with E-state index >= 15 is 0 Å². The summed E-state index contributed by atoms with van der Waals surface area (Å²) in [6.45, 7) is 14.5. The topological polar surface area (TPSA) is 4.93 Å². The van der Waals surface area contributed by atoms with Gasteiger partial charge in [0.15, 0.2) is 0 Å². The summed E-state index contributed by atoms with van der Waals surface area (Å²) in [4.78, 5) is 0. The zero-order chi connectivity index (χ0) is 21.7. The molecule has 0 saturated heterocycles. The molecule has 0 amide bonds. The van der Waals surface area contributed by atoms with Gasteiger partial charge in [-0.25, -0.2) is 0 Å². The minimum Gasteiger partial charge on any atom is -0.336 e. The standard InChI is InChI=1S/C29H31N/c1-8-20-9-11-21(12-10-20)19-30-26-15-13-22(28(2,3)4)17-24(26)25-18-23(29(5,6)7)14-16-27(25)30/h1,9-18H,19H2,2-7H3. The Morgan fingerprint density at radius 1 is 0.700 bits per heavy atom. The molecule has 1 heteroatoms. The van der Waals surface area contributed by atoms with Gasteiger partial charge >= 0.3 is 0 Å². The summed E-state index contributed by atoms with van der Waals surface area (Å²) in [5, 5.41) is 2.67. The first-order chi connectivity index (χ1) is 14.1. The van der Waals surface area contributed by atoms with Crippen LogP contribution in [-0.4, -0.2) is 4.57 Å². The van der Waals surface area contributed by atoms with Gasteiger partial charge in [-0.15, -0.1) is 6.42 Å². The minimum absolute atomic E-state index is 0.120. The summed E-state index contributed by atoms with van der Waals surface area (Å²) >= 11 is 0. The van der Waals surface area contributed by atoms with E-state index in [1.165, 1.54) is 38.5 Å². The first kappa shape index (κ1) is 20.3. The molecule has 0 aliphatic heterocycles. The predicted molar refractivity (Wildman–Crippen MR) is 130 cm³/mol.